The number of aryl methyl sites for hydroxylation is 2. The molecule has 1 aromatic rings. The maximum Gasteiger partial charge on any atom is 0.248 e. The molecule has 108 valence electrons. The van der Waals surface area contributed by atoms with Gasteiger partial charge >= 0.3 is 0 Å². The van der Waals surface area contributed by atoms with Crippen LogP contribution in [0, 0.1) is 13.8 Å². The van der Waals surface area contributed by atoms with Gasteiger partial charge in [0.1, 0.15) is 10.6 Å². The number of hydrogen-bond donors (Lipinski definition) is 0. The summed E-state index contributed by atoms with van der Waals surface area (Å²) in [5.74, 6) is 0.650. The van der Waals surface area contributed by atoms with Crippen LogP contribution in [-0.4, -0.2) is 45.7 Å². The first-order valence-electron chi connectivity index (χ1n) is 5.98. The van der Waals surface area contributed by atoms with Crippen LogP contribution >= 0.6 is 0 Å². The van der Waals surface area contributed by atoms with Gasteiger partial charge in [-0.3, -0.25) is 4.21 Å². The van der Waals surface area contributed by atoms with Crippen LogP contribution in [0.4, 0.5) is 0 Å². The van der Waals surface area contributed by atoms with Gasteiger partial charge in [0.25, 0.3) is 0 Å². The molecule has 0 aliphatic carbocycles. The van der Waals surface area contributed by atoms with Crippen molar-refractivity contribution in [1.29, 1.82) is 0 Å². The summed E-state index contributed by atoms with van der Waals surface area (Å²) in [4.78, 5) is 0.135. The van der Waals surface area contributed by atoms with E-state index in [-0.39, 0.29) is 18.0 Å². The lowest BCUT2D eigenvalue weighted by Crippen LogP contribution is -2.52. The molecule has 0 saturated carbocycles. The second-order valence-electron chi connectivity index (χ2n) is 5.30. The Morgan fingerprint density at radius 3 is 2.47 bits per heavy atom. The summed E-state index contributed by atoms with van der Waals surface area (Å²) < 4.78 is 42.9. The third kappa shape index (κ3) is 2.48. The maximum absolute atomic E-state index is 12.6. The van der Waals surface area contributed by atoms with Gasteiger partial charge in [0.05, 0.1) is 4.75 Å². The van der Waals surface area contributed by atoms with Gasteiger partial charge in [-0.05, 0) is 27.7 Å². The fraction of sp³-hybridized carbons (Fsp3) is 0.727. The molecule has 2 rings (SSSR count). The first-order valence-corrected chi connectivity index (χ1v) is 8.73. The van der Waals surface area contributed by atoms with Gasteiger partial charge in [-0.1, -0.05) is 5.16 Å². The fourth-order valence-electron chi connectivity index (χ4n) is 2.21. The summed E-state index contributed by atoms with van der Waals surface area (Å²) in [6.07, 6.45) is 0. The molecule has 1 atom stereocenters. The Morgan fingerprint density at radius 2 is 2.00 bits per heavy atom. The van der Waals surface area contributed by atoms with Crippen molar-refractivity contribution in [3.8, 4) is 0 Å². The van der Waals surface area contributed by atoms with E-state index in [0.717, 1.165) is 0 Å². The van der Waals surface area contributed by atoms with Crippen LogP contribution in [0.1, 0.15) is 25.3 Å². The summed E-state index contributed by atoms with van der Waals surface area (Å²) in [6, 6.07) is 0. The largest absolute Gasteiger partial charge is 0.360 e. The molecule has 0 N–H and O–H groups in total. The van der Waals surface area contributed by atoms with Gasteiger partial charge in [0.15, 0.2) is 5.76 Å². The van der Waals surface area contributed by atoms with E-state index in [9.17, 15) is 12.6 Å². The second-order valence-corrected chi connectivity index (χ2v) is 9.38. The molecular formula is C11H18N2O4S2. The molecule has 1 fully saturated rings. The highest BCUT2D eigenvalue weighted by Crippen LogP contribution is 2.28. The lowest BCUT2D eigenvalue weighted by molar-refractivity contribution is 0.374. The first-order chi connectivity index (χ1) is 8.66. The zero-order chi connectivity index (χ0) is 14.4. The molecule has 1 aliphatic rings. The minimum absolute atomic E-state index is 0.135. The Labute approximate surface area is 115 Å². The van der Waals surface area contributed by atoms with Gasteiger partial charge in [-0.2, -0.15) is 4.31 Å². The second kappa shape index (κ2) is 4.68. The van der Waals surface area contributed by atoms with Crippen LogP contribution in [-0.2, 0) is 20.8 Å². The van der Waals surface area contributed by atoms with Crippen molar-refractivity contribution in [2.45, 2.75) is 37.3 Å². The van der Waals surface area contributed by atoms with Crippen LogP contribution in [0.15, 0.2) is 9.42 Å². The number of aromatic nitrogens is 1. The summed E-state index contributed by atoms with van der Waals surface area (Å²) in [5, 5.41) is 3.69. The molecule has 1 aromatic heterocycles. The normalized spacial score (nSPS) is 24.5. The standard InChI is InChI=1S/C11H18N2O4S2/c1-8-10(9(2)17-12-8)19(15,16)13-5-6-18(14)11(3,4)7-13/h5-7H2,1-4H3/t18-/m0/s1. The molecule has 8 heteroatoms. The molecule has 0 amide bonds. The van der Waals surface area contributed by atoms with E-state index in [4.69, 9.17) is 4.52 Å². The van der Waals surface area contributed by atoms with Crippen LogP contribution in [0.25, 0.3) is 0 Å². The van der Waals surface area contributed by atoms with Gasteiger partial charge in [-0.15, -0.1) is 0 Å². The minimum atomic E-state index is -3.63. The molecule has 0 aromatic carbocycles. The van der Waals surface area contributed by atoms with E-state index in [1.165, 1.54) is 4.31 Å². The lowest BCUT2D eigenvalue weighted by atomic mass is 10.2. The molecule has 1 aliphatic heterocycles. The van der Waals surface area contributed by atoms with Crippen LogP contribution in [0.2, 0.25) is 0 Å². The van der Waals surface area contributed by atoms with E-state index in [1.54, 1.807) is 13.8 Å². The number of sulfonamides is 1. The van der Waals surface area contributed by atoms with E-state index in [2.05, 4.69) is 5.16 Å². The lowest BCUT2D eigenvalue weighted by Gasteiger charge is -2.36. The van der Waals surface area contributed by atoms with E-state index in [0.29, 0.717) is 17.2 Å². The van der Waals surface area contributed by atoms with Crippen LogP contribution in [0.5, 0.6) is 0 Å². The Kier molecular flexibility index (Phi) is 3.61. The SMILES string of the molecule is Cc1noc(C)c1S(=O)(=O)N1CC[S@](=O)C(C)(C)C1. The molecule has 19 heavy (non-hydrogen) atoms. The molecule has 0 spiro atoms. The van der Waals surface area contributed by atoms with E-state index < -0.39 is 25.6 Å². The van der Waals surface area contributed by atoms with Crippen molar-refractivity contribution in [3.63, 3.8) is 0 Å². The minimum Gasteiger partial charge on any atom is -0.360 e. The summed E-state index contributed by atoms with van der Waals surface area (Å²) in [7, 11) is -4.64. The summed E-state index contributed by atoms with van der Waals surface area (Å²) in [6.45, 7) is 7.33. The quantitative estimate of drug-likeness (QED) is 0.808. The van der Waals surface area contributed by atoms with Crippen LogP contribution in [0.3, 0.4) is 0 Å². The van der Waals surface area contributed by atoms with Crippen molar-refractivity contribution in [3.05, 3.63) is 11.5 Å². The molecule has 1 saturated heterocycles. The van der Waals surface area contributed by atoms with Gasteiger partial charge in [-0.25, -0.2) is 8.42 Å². The van der Waals surface area contributed by atoms with E-state index in [1.807, 2.05) is 13.8 Å². The highest BCUT2D eigenvalue weighted by Gasteiger charge is 2.40. The number of hydrogen-bond acceptors (Lipinski definition) is 5. The predicted octanol–water partition coefficient (Wildman–Crippen LogP) is 0.823. The Balaban J connectivity index is 2.39. The van der Waals surface area contributed by atoms with Crippen molar-refractivity contribution in [1.82, 2.24) is 9.46 Å². The zero-order valence-electron chi connectivity index (χ0n) is 11.5. The van der Waals surface area contributed by atoms with Crippen molar-refractivity contribution < 1.29 is 17.1 Å². The third-order valence-corrected chi connectivity index (χ3v) is 7.27. The average Bonchev–Trinajstić information content (AvgIpc) is 2.62. The number of rotatable bonds is 2. The highest BCUT2D eigenvalue weighted by molar-refractivity contribution is 7.90. The number of nitrogens with zero attached hydrogens (tertiary/aromatic N) is 2. The van der Waals surface area contributed by atoms with Crippen molar-refractivity contribution in [2.24, 2.45) is 0 Å². The molecule has 2 heterocycles. The first kappa shape index (κ1) is 14.7. The smallest absolute Gasteiger partial charge is 0.248 e. The van der Waals surface area contributed by atoms with Gasteiger partial charge in [0.2, 0.25) is 10.0 Å². The van der Waals surface area contributed by atoms with Crippen molar-refractivity contribution >= 4 is 20.8 Å². The Bertz CT molecular complexity index is 599. The average molecular weight is 306 g/mol. The van der Waals surface area contributed by atoms with Gasteiger partial charge < -0.3 is 4.52 Å². The maximum atomic E-state index is 12.6. The molecular weight excluding hydrogens is 288 g/mol. The van der Waals surface area contributed by atoms with Gasteiger partial charge in [0, 0.05) is 29.6 Å². The summed E-state index contributed by atoms with van der Waals surface area (Å²) >= 11 is 0. The third-order valence-electron chi connectivity index (χ3n) is 3.27. The van der Waals surface area contributed by atoms with E-state index >= 15 is 0 Å². The Morgan fingerprint density at radius 1 is 1.37 bits per heavy atom. The summed E-state index contributed by atoms with van der Waals surface area (Å²) in [5.41, 5.74) is 0.363. The van der Waals surface area contributed by atoms with Crippen molar-refractivity contribution in [2.75, 3.05) is 18.8 Å². The predicted molar refractivity (Wildman–Crippen MR) is 71.8 cm³/mol. The topological polar surface area (TPSA) is 80.5 Å². The van der Waals surface area contributed by atoms with Crippen LogP contribution < -0.4 is 0 Å². The fourth-order valence-corrected chi connectivity index (χ4v) is 5.54. The molecule has 0 bridgehead atoms. The monoisotopic (exact) mass is 306 g/mol. The molecule has 0 unspecified atom stereocenters. The highest BCUT2D eigenvalue weighted by atomic mass is 32.2. The molecule has 0 radical (unpaired) electrons. The Hall–Kier alpha value is -0.730. The molecule has 6 nitrogen and oxygen atoms in total. The zero-order valence-corrected chi connectivity index (χ0v) is 13.1.